The first-order valence-electron chi connectivity index (χ1n) is 10.9. The Bertz CT molecular complexity index is 1380. The van der Waals surface area contributed by atoms with Gasteiger partial charge < -0.3 is 9.64 Å². The predicted octanol–water partition coefficient (Wildman–Crippen LogP) is 0.937. The standard InChI is InChI=1S/C22H24N8O2/c1-14-9-16(27-5-7-28(8-6-27)17-12-32-13-17)11-29-21(31)10-19(24-22(14)29)18-3-4-20-23-15(2)25-30(20)26-18/h3-4,9-11,17H,5-8,12-13H2,1-2H3. The lowest BCUT2D eigenvalue weighted by atomic mass is 10.1. The molecule has 2 aliphatic rings. The summed E-state index contributed by atoms with van der Waals surface area (Å²) in [5.41, 5.74) is 4.28. The summed E-state index contributed by atoms with van der Waals surface area (Å²) in [5.74, 6) is 0.645. The number of aromatic nitrogens is 6. The number of anilines is 1. The van der Waals surface area contributed by atoms with Crippen LogP contribution in [0.5, 0.6) is 0 Å². The van der Waals surface area contributed by atoms with Crippen molar-refractivity contribution in [3.05, 3.63) is 52.2 Å². The molecule has 10 nitrogen and oxygen atoms in total. The van der Waals surface area contributed by atoms with E-state index in [-0.39, 0.29) is 5.56 Å². The Morgan fingerprint density at radius 1 is 0.969 bits per heavy atom. The summed E-state index contributed by atoms with van der Waals surface area (Å²) < 4.78 is 8.44. The monoisotopic (exact) mass is 432 g/mol. The highest BCUT2D eigenvalue weighted by atomic mass is 16.5. The van der Waals surface area contributed by atoms with Crippen molar-refractivity contribution in [2.75, 3.05) is 44.3 Å². The van der Waals surface area contributed by atoms with Gasteiger partial charge in [0.25, 0.3) is 5.56 Å². The van der Waals surface area contributed by atoms with Gasteiger partial charge in [-0.25, -0.2) is 9.97 Å². The molecule has 2 fully saturated rings. The molecule has 0 spiro atoms. The molecule has 32 heavy (non-hydrogen) atoms. The van der Waals surface area contributed by atoms with Gasteiger partial charge in [0, 0.05) is 38.4 Å². The molecular formula is C22H24N8O2. The highest BCUT2D eigenvalue weighted by Gasteiger charge is 2.29. The van der Waals surface area contributed by atoms with Gasteiger partial charge >= 0.3 is 0 Å². The molecule has 0 atom stereocenters. The number of rotatable bonds is 3. The fourth-order valence-corrected chi connectivity index (χ4v) is 4.46. The van der Waals surface area contributed by atoms with Gasteiger partial charge in [0.05, 0.1) is 30.6 Å². The largest absolute Gasteiger partial charge is 0.378 e. The molecule has 0 bridgehead atoms. The number of hydrogen-bond acceptors (Lipinski definition) is 8. The van der Waals surface area contributed by atoms with Gasteiger partial charge in [0.15, 0.2) is 5.65 Å². The van der Waals surface area contributed by atoms with Crippen LogP contribution in [0.15, 0.2) is 35.3 Å². The first-order chi connectivity index (χ1) is 15.5. The SMILES string of the molecule is Cc1nc2ccc(-c3cc(=O)n4cc(N5CCN(C6COC6)CC5)cc(C)c4n3)nn2n1. The Kier molecular flexibility index (Phi) is 4.44. The number of nitrogens with zero attached hydrogens (tertiary/aromatic N) is 8. The minimum absolute atomic E-state index is 0.128. The molecule has 0 N–H and O–H groups in total. The minimum Gasteiger partial charge on any atom is -0.378 e. The molecule has 10 heteroatoms. The zero-order valence-electron chi connectivity index (χ0n) is 18.1. The van der Waals surface area contributed by atoms with Crippen LogP contribution in [0.4, 0.5) is 5.69 Å². The summed E-state index contributed by atoms with van der Waals surface area (Å²) in [5, 5.41) is 8.74. The predicted molar refractivity (Wildman–Crippen MR) is 119 cm³/mol. The third-order valence-electron chi connectivity index (χ3n) is 6.32. The Hall–Kier alpha value is -3.37. The van der Waals surface area contributed by atoms with E-state index < -0.39 is 0 Å². The number of aryl methyl sites for hydroxylation is 2. The lowest BCUT2D eigenvalue weighted by molar-refractivity contribution is -0.0660. The molecule has 0 amide bonds. The van der Waals surface area contributed by atoms with E-state index in [9.17, 15) is 4.79 Å². The third kappa shape index (κ3) is 3.23. The van der Waals surface area contributed by atoms with Crippen LogP contribution in [-0.2, 0) is 4.74 Å². The van der Waals surface area contributed by atoms with Gasteiger partial charge in [-0.3, -0.25) is 14.1 Å². The Morgan fingerprint density at radius 2 is 1.78 bits per heavy atom. The molecule has 6 rings (SSSR count). The molecule has 2 saturated heterocycles. The van der Waals surface area contributed by atoms with E-state index in [1.54, 1.807) is 4.40 Å². The molecule has 164 valence electrons. The Morgan fingerprint density at radius 3 is 2.53 bits per heavy atom. The average molecular weight is 432 g/mol. The number of ether oxygens (including phenoxy) is 1. The van der Waals surface area contributed by atoms with Crippen molar-refractivity contribution in [3.63, 3.8) is 0 Å². The van der Waals surface area contributed by atoms with E-state index in [1.165, 1.54) is 10.7 Å². The van der Waals surface area contributed by atoms with Crippen molar-refractivity contribution in [3.8, 4) is 11.4 Å². The second-order valence-corrected chi connectivity index (χ2v) is 8.49. The van der Waals surface area contributed by atoms with E-state index in [0.717, 1.165) is 50.6 Å². The van der Waals surface area contributed by atoms with Crippen LogP contribution in [0, 0.1) is 13.8 Å². The van der Waals surface area contributed by atoms with E-state index in [1.807, 2.05) is 32.2 Å². The second-order valence-electron chi connectivity index (χ2n) is 8.49. The summed E-state index contributed by atoms with van der Waals surface area (Å²) in [7, 11) is 0. The molecule has 4 aromatic heterocycles. The van der Waals surface area contributed by atoms with E-state index in [2.05, 4.69) is 31.0 Å². The van der Waals surface area contributed by atoms with Crippen LogP contribution in [0.25, 0.3) is 22.7 Å². The summed E-state index contributed by atoms with van der Waals surface area (Å²) >= 11 is 0. The number of hydrogen-bond donors (Lipinski definition) is 0. The van der Waals surface area contributed by atoms with Crippen molar-refractivity contribution >= 4 is 17.0 Å². The van der Waals surface area contributed by atoms with Crippen LogP contribution in [0.1, 0.15) is 11.4 Å². The van der Waals surface area contributed by atoms with Crippen molar-refractivity contribution in [1.29, 1.82) is 0 Å². The summed E-state index contributed by atoms with van der Waals surface area (Å²) in [6.45, 7) is 9.38. The zero-order chi connectivity index (χ0) is 21.8. The van der Waals surface area contributed by atoms with Gasteiger partial charge in [-0.2, -0.15) is 0 Å². The minimum atomic E-state index is -0.128. The van der Waals surface area contributed by atoms with Gasteiger partial charge in [0.2, 0.25) is 0 Å². The molecule has 2 aliphatic heterocycles. The molecule has 0 aromatic carbocycles. The summed E-state index contributed by atoms with van der Waals surface area (Å²) in [4.78, 5) is 26.9. The average Bonchev–Trinajstić information content (AvgIpc) is 3.12. The van der Waals surface area contributed by atoms with E-state index in [0.29, 0.717) is 34.5 Å². The number of fused-ring (bicyclic) bond motifs is 2. The van der Waals surface area contributed by atoms with Crippen molar-refractivity contribution in [1.82, 2.24) is 34.1 Å². The van der Waals surface area contributed by atoms with Crippen molar-refractivity contribution < 1.29 is 4.74 Å². The first kappa shape index (κ1) is 19.3. The molecular weight excluding hydrogens is 408 g/mol. The summed E-state index contributed by atoms with van der Waals surface area (Å²) in [6, 6.07) is 7.86. The number of piperazine rings is 1. The van der Waals surface area contributed by atoms with Gasteiger partial charge in [-0.1, -0.05) is 0 Å². The second kappa shape index (κ2) is 7.35. The van der Waals surface area contributed by atoms with Crippen LogP contribution < -0.4 is 10.5 Å². The van der Waals surface area contributed by atoms with Crippen LogP contribution in [0.3, 0.4) is 0 Å². The van der Waals surface area contributed by atoms with Crippen LogP contribution in [-0.4, -0.2) is 79.5 Å². The normalized spacial score (nSPS) is 17.9. The fourth-order valence-electron chi connectivity index (χ4n) is 4.46. The summed E-state index contributed by atoms with van der Waals surface area (Å²) in [6.07, 6.45) is 1.90. The molecule has 0 aliphatic carbocycles. The molecule has 0 saturated carbocycles. The molecule has 0 unspecified atom stereocenters. The maximum Gasteiger partial charge on any atom is 0.258 e. The molecule has 6 heterocycles. The maximum atomic E-state index is 13.0. The zero-order valence-corrected chi connectivity index (χ0v) is 18.1. The van der Waals surface area contributed by atoms with Gasteiger partial charge in [-0.15, -0.1) is 14.8 Å². The highest BCUT2D eigenvalue weighted by molar-refractivity contribution is 5.63. The van der Waals surface area contributed by atoms with Crippen molar-refractivity contribution in [2.45, 2.75) is 19.9 Å². The fraction of sp³-hybridized carbons (Fsp3) is 0.409. The van der Waals surface area contributed by atoms with Crippen LogP contribution >= 0.6 is 0 Å². The highest BCUT2D eigenvalue weighted by Crippen LogP contribution is 2.23. The van der Waals surface area contributed by atoms with Gasteiger partial charge in [0.1, 0.15) is 17.2 Å². The quantitative estimate of drug-likeness (QED) is 0.472. The van der Waals surface area contributed by atoms with Gasteiger partial charge in [-0.05, 0) is 37.6 Å². The lowest BCUT2D eigenvalue weighted by Gasteiger charge is -2.43. The molecule has 4 aromatic rings. The maximum absolute atomic E-state index is 13.0. The third-order valence-corrected chi connectivity index (χ3v) is 6.32. The van der Waals surface area contributed by atoms with Crippen molar-refractivity contribution in [2.24, 2.45) is 0 Å². The Labute approximate surface area is 184 Å². The van der Waals surface area contributed by atoms with Crippen LogP contribution in [0.2, 0.25) is 0 Å². The first-order valence-corrected chi connectivity index (χ1v) is 10.9. The molecule has 0 radical (unpaired) electrons. The van der Waals surface area contributed by atoms with E-state index in [4.69, 9.17) is 9.72 Å². The van der Waals surface area contributed by atoms with E-state index >= 15 is 0 Å². The number of pyridine rings is 1. The Balaban J connectivity index is 1.33. The topological polar surface area (TPSA) is 93.2 Å². The smallest absolute Gasteiger partial charge is 0.258 e. The lowest BCUT2D eigenvalue weighted by Crippen LogP contribution is -2.56.